The summed E-state index contributed by atoms with van der Waals surface area (Å²) < 4.78 is 0. The molecule has 4 nitrogen and oxygen atoms in total. The van der Waals surface area contributed by atoms with Crippen molar-refractivity contribution in [1.82, 2.24) is 9.80 Å². The molecule has 2 aliphatic heterocycles. The molecule has 102 valence electrons. The third kappa shape index (κ3) is 2.65. The van der Waals surface area contributed by atoms with Crippen LogP contribution in [0.5, 0.6) is 0 Å². The molecule has 3 rings (SSSR count). The van der Waals surface area contributed by atoms with Gasteiger partial charge in [-0.3, -0.25) is 9.59 Å². The van der Waals surface area contributed by atoms with Crippen molar-refractivity contribution in [1.29, 1.82) is 0 Å². The van der Waals surface area contributed by atoms with Crippen LogP contribution in [0.4, 0.5) is 0 Å². The van der Waals surface area contributed by atoms with E-state index >= 15 is 0 Å². The van der Waals surface area contributed by atoms with Crippen LogP contribution in [0.3, 0.4) is 0 Å². The number of hydrogen-bond donors (Lipinski definition) is 0. The smallest absolute Gasteiger partial charge is 0.242 e. The average Bonchev–Trinajstić information content (AvgIpc) is 3.09. The van der Waals surface area contributed by atoms with E-state index in [4.69, 9.17) is 0 Å². The number of nitrogens with zero attached hydrogens (tertiary/aromatic N) is 2. The molecule has 0 spiro atoms. The van der Waals surface area contributed by atoms with Crippen molar-refractivity contribution < 1.29 is 9.59 Å². The standard InChI is InChI=1S/C13H16N2O2S2/c16-12(7-14-9-18-8-13(14)17)15-5-1-3-10(15)11-4-2-6-19-11/h2,4,6,10H,1,3,5,7-9H2. The number of thioether (sulfide) groups is 1. The van der Waals surface area contributed by atoms with Gasteiger partial charge in [0.05, 0.1) is 17.7 Å². The molecule has 1 aromatic heterocycles. The molecule has 3 heterocycles. The van der Waals surface area contributed by atoms with Gasteiger partial charge in [-0.2, -0.15) is 0 Å². The molecule has 0 radical (unpaired) electrons. The largest absolute Gasteiger partial charge is 0.333 e. The van der Waals surface area contributed by atoms with Crippen LogP contribution in [0.1, 0.15) is 23.8 Å². The highest BCUT2D eigenvalue weighted by Crippen LogP contribution is 2.34. The lowest BCUT2D eigenvalue weighted by Gasteiger charge is -2.26. The van der Waals surface area contributed by atoms with Crippen molar-refractivity contribution in [2.24, 2.45) is 0 Å². The zero-order chi connectivity index (χ0) is 13.2. The van der Waals surface area contributed by atoms with E-state index in [1.54, 1.807) is 28.0 Å². The number of rotatable bonds is 3. The molecule has 1 aromatic rings. The fourth-order valence-electron chi connectivity index (χ4n) is 2.64. The molecular formula is C13H16N2O2S2. The SMILES string of the molecule is O=C1CSCN1CC(=O)N1CCCC1c1cccs1. The van der Waals surface area contributed by atoms with Gasteiger partial charge in [0, 0.05) is 11.4 Å². The molecule has 0 saturated carbocycles. The highest BCUT2D eigenvalue weighted by molar-refractivity contribution is 8.00. The van der Waals surface area contributed by atoms with Crippen LogP contribution in [-0.4, -0.2) is 46.3 Å². The van der Waals surface area contributed by atoms with E-state index in [-0.39, 0.29) is 24.4 Å². The van der Waals surface area contributed by atoms with Gasteiger partial charge in [0.25, 0.3) is 0 Å². The summed E-state index contributed by atoms with van der Waals surface area (Å²) in [6, 6.07) is 4.34. The fourth-order valence-corrected chi connectivity index (χ4v) is 4.41. The van der Waals surface area contributed by atoms with Gasteiger partial charge in [-0.15, -0.1) is 23.1 Å². The Hall–Kier alpha value is -1.01. The highest BCUT2D eigenvalue weighted by atomic mass is 32.2. The quantitative estimate of drug-likeness (QED) is 0.856. The van der Waals surface area contributed by atoms with Crippen molar-refractivity contribution in [3.05, 3.63) is 22.4 Å². The van der Waals surface area contributed by atoms with E-state index in [1.165, 1.54) is 4.88 Å². The minimum absolute atomic E-state index is 0.0882. The van der Waals surface area contributed by atoms with E-state index in [1.807, 2.05) is 11.0 Å². The van der Waals surface area contributed by atoms with E-state index < -0.39 is 0 Å². The maximum Gasteiger partial charge on any atom is 0.242 e. The van der Waals surface area contributed by atoms with Gasteiger partial charge >= 0.3 is 0 Å². The molecule has 6 heteroatoms. The summed E-state index contributed by atoms with van der Waals surface area (Å²) in [4.78, 5) is 28.8. The molecule has 0 bridgehead atoms. The molecule has 0 aromatic carbocycles. The second-order valence-electron chi connectivity index (χ2n) is 4.83. The summed E-state index contributed by atoms with van der Waals surface area (Å²) in [6.07, 6.45) is 2.09. The van der Waals surface area contributed by atoms with Crippen LogP contribution in [0.25, 0.3) is 0 Å². The van der Waals surface area contributed by atoms with Gasteiger partial charge in [0.15, 0.2) is 0 Å². The minimum atomic E-state index is 0.0882. The van der Waals surface area contributed by atoms with Crippen LogP contribution >= 0.6 is 23.1 Å². The van der Waals surface area contributed by atoms with Gasteiger partial charge < -0.3 is 9.80 Å². The molecule has 0 aliphatic carbocycles. The summed E-state index contributed by atoms with van der Waals surface area (Å²) >= 11 is 3.29. The first-order valence-corrected chi connectivity index (χ1v) is 8.47. The van der Waals surface area contributed by atoms with Gasteiger partial charge in [0.2, 0.25) is 11.8 Å². The van der Waals surface area contributed by atoms with Crippen LogP contribution in [0.2, 0.25) is 0 Å². The molecule has 0 N–H and O–H groups in total. The first kappa shape index (κ1) is 13.0. The Bertz CT molecular complexity index is 475. The number of thiophene rings is 1. The molecule has 2 amide bonds. The lowest BCUT2D eigenvalue weighted by molar-refractivity contribution is -0.138. The zero-order valence-corrected chi connectivity index (χ0v) is 12.2. The Morgan fingerprint density at radius 2 is 2.37 bits per heavy atom. The maximum absolute atomic E-state index is 12.4. The molecular weight excluding hydrogens is 280 g/mol. The van der Waals surface area contributed by atoms with Crippen LogP contribution in [-0.2, 0) is 9.59 Å². The predicted octanol–water partition coefficient (Wildman–Crippen LogP) is 1.94. The first-order valence-electron chi connectivity index (χ1n) is 6.44. The third-order valence-corrected chi connectivity index (χ3v) is 5.52. The number of hydrogen-bond acceptors (Lipinski definition) is 4. The molecule has 1 unspecified atom stereocenters. The summed E-state index contributed by atoms with van der Waals surface area (Å²) in [5.74, 6) is 1.35. The highest BCUT2D eigenvalue weighted by Gasteiger charge is 2.32. The van der Waals surface area contributed by atoms with Crippen LogP contribution in [0.15, 0.2) is 17.5 Å². The molecule has 2 aliphatic rings. The summed E-state index contributed by atoms with van der Waals surface area (Å²) in [5.41, 5.74) is 0. The van der Waals surface area contributed by atoms with Gasteiger partial charge in [-0.25, -0.2) is 0 Å². The Labute approximate surface area is 120 Å². The Balaban J connectivity index is 1.67. The Kier molecular flexibility index (Phi) is 3.79. The van der Waals surface area contributed by atoms with Crippen molar-refractivity contribution >= 4 is 34.9 Å². The number of amides is 2. The second kappa shape index (κ2) is 5.54. The lowest BCUT2D eigenvalue weighted by atomic mass is 10.2. The van der Waals surface area contributed by atoms with Gasteiger partial charge in [0.1, 0.15) is 6.54 Å². The number of likely N-dealkylation sites (tertiary alicyclic amines) is 1. The van der Waals surface area contributed by atoms with Gasteiger partial charge in [-0.1, -0.05) is 6.07 Å². The van der Waals surface area contributed by atoms with E-state index in [2.05, 4.69) is 11.4 Å². The minimum Gasteiger partial charge on any atom is -0.333 e. The number of carbonyl (C=O) groups is 2. The summed E-state index contributed by atoms with van der Waals surface area (Å²) in [6.45, 7) is 1.06. The van der Waals surface area contributed by atoms with Crippen LogP contribution in [0, 0.1) is 0 Å². The Morgan fingerprint density at radius 3 is 3.05 bits per heavy atom. The van der Waals surface area contributed by atoms with Gasteiger partial charge in [-0.05, 0) is 24.3 Å². The van der Waals surface area contributed by atoms with Crippen LogP contribution < -0.4 is 0 Å². The summed E-state index contributed by atoms with van der Waals surface area (Å²) in [5, 5.41) is 2.05. The topological polar surface area (TPSA) is 40.6 Å². The maximum atomic E-state index is 12.4. The first-order chi connectivity index (χ1) is 9.25. The molecule has 2 saturated heterocycles. The molecule has 1 atom stereocenters. The molecule has 2 fully saturated rings. The Morgan fingerprint density at radius 1 is 1.47 bits per heavy atom. The second-order valence-corrected chi connectivity index (χ2v) is 6.76. The van der Waals surface area contributed by atoms with Crippen molar-refractivity contribution in [2.45, 2.75) is 18.9 Å². The van der Waals surface area contributed by atoms with E-state index in [0.717, 1.165) is 19.4 Å². The van der Waals surface area contributed by atoms with Crippen molar-refractivity contribution in [3.63, 3.8) is 0 Å². The predicted molar refractivity (Wildman–Crippen MR) is 77.0 cm³/mol. The number of carbonyl (C=O) groups excluding carboxylic acids is 2. The van der Waals surface area contributed by atoms with Crippen molar-refractivity contribution in [3.8, 4) is 0 Å². The normalized spacial score (nSPS) is 23.4. The average molecular weight is 296 g/mol. The summed E-state index contributed by atoms with van der Waals surface area (Å²) in [7, 11) is 0. The lowest BCUT2D eigenvalue weighted by Crippen LogP contribution is -2.40. The molecule has 19 heavy (non-hydrogen) atoms. The fraction of sp³-hybridized carbons (Fsp3) is 0.538. The zero-order valence-electron chi connectivity index (χ0n) is 10.6. The van der Waals surface area contributed by atoms with Crippen molar-refractivity contribution in [2.75, 3.05) is 24.7 Å². The third-order valence-electron chi connectivity index (χ3n) is 3.60. The van der Waals surface area contributed by atoms with E-state index in [0.29, 0.717) is 11.6 Å². The monoisotopic (exact) mass is 296 g/mol. The van der Waals surface area contributed by atoms with E-state index in [9.17, 15) is 9.59 Å².